The molecule has 0 aliphatic rings. The quantitative estimate of drug-likeness (QED) is 0.638. The number of rotatable bonds is 0. The summed E-state index contributed by atoms with van der Waals surface area (Å²) in [6.45, 7) is 1.89. The molecule has 0 bridgehead atoms. The van der Waals surface area contributed by atoms with Gasteiger partial charge in [0.25, 0.3) is 0 Å². The first kappa shape index (κ1) is 7.91. The van der Waals surface area contributed by atoms with Gasteiger partial charge in [-0.2, -0.15) is 0 Å². The van der Waals surface area contributed by atoms with E-state index in [4.69, 9.17) is 5.73 Å². The first-order chi connectivity index (χ1) is 6.11. The summed E-state index contributed by atoms with van der Waals surface area (Å²) >= 11 is 0. The highest BCUT2D eigenvalue weighted by atomic mass is 16.1. The zero-order valence-corrected chi connectivity index (χ0v) is 7.61. The highest BCUT2D eigenvalue weighted by Crippen LogP contribution is 2.08. The van der Waals surface area contributed by atoms with Gasteiger partial charge in [0.1, 0.15) is 5.82 Å². The fourth-order valence-electron chi connectivity index (χ4n) is 1.44. The lowest BCUT2D eigenvalue weighted by atomic mass is 10.4. The van der Waals surface area contributed by atoms with Gasteiger partial charge in [-0.15, -0.1) is 0 Å². The van der Waals surface area contributed by atoms with Crippen LogP contribution in [-0.4, -0.2) is 8.97 Å². The van der Waals surface area contributed by atoms with Gasteiger partial charge in [-0.1, -0.05) is 0 Å². The minimum atomic E-state index is -0.0995. The lowest BCUT2D eigenvalue weighted by Gasteiger charge is -2.04. The van der Waals surface area contributed by atoms with Gasteiger partial charge in [0.05, 0.1) is 5.52 Å². The molecule has 4 nitrogen and oxygen atoms in total. The van der Waals surface area contributed by atoms with Crippen molar-refractivity contribution in [1.29, 1.82) is 0 Å². The van der Waals surface area contributed by atoms with E-state index >= 15 is 0 Å². The van der Waals surface area contributed by atoms with Gasteiger partial charge >= 0.3 is 5.69 Å². The normalized spacial score (nSPS) is 10.9. The molecule has 0 spiro atoms. The van der Waals surface area contributed by atoms with Crippen molar-refractivity contribution >= 4 is 11.3 Å². The van der Waals surface area contributed by atoms with Gasteiger partial charge in [-0.05, 0) is 19.1 Å². The average Bonchev–Trinajstić information content (AvgIpc) is 2.43. The number of hydrogen-bond acceptors (Lipinski definition) is 2. The first-order valence-electron chi connectivity index (χ1n) is 4.05. The maximum atomic E-state index is 11.7. The largest absolute Gasteiger partial charge is 0.385 e. The zero-order chi connectivity index (χ0) is 9.59. The van der Waals surface area contributed by atoms with Crippen molar-refractivity contribution in [3.05, 3.63) is 34.4 Å². The Morgan fingerprint density at radius 1 is 1.38 bits per heavy atom. The van der Waals surface area contributed by atoms with Crippen molar-refractivity contribution in [2.75, 3.05) is 5.73 Å². The SMILES string of the molecule is Cc1ccc2cc(N)n(C)c(=O)n12. The Bertz CT molecular complexity index is 521. The fraction of sp³-hybridized carbons (Fsp3) is 0.222. The fourth-order valence-corrected chi connectivity index (χ4v) is 1.44. The summed E-state index contributed by atoms with van der Waals surface area (Å²) < 4.78 is 3.07. The van der Waals surface area contributed by atoms with E-state index in [1.807, 2.05) is 19.1 Å². The van der Waals surface area contributed by atoms with E-state index in [0.717, 1.165) is 11.2 Å². The monoisotopic (exact) mass is 177 g/mol. The highest BCUT2D eigenvalue weighted by molar-refractivity contribution is 5.55. The van der Waals surface area contributed by atoms with Crippen LogP contribution < -0.4 is 11.4 Å². The molecule has 13 heavy (non-hydrogen) atoms. The molecule has 0 radical (unpaired) electrons. The number of anilines is 1. The summed E-state index contributed by atoms with van der Waals surface area (Å²) in [6, 6.07) is 5.57. The van der Waals surface area contributed by atoms with E-state index in [2.05, 4.69) is 0 Å². The summed E-state index contributed by atoms with van der Waals surface area (Å²) in [4.78, 5) is 11.7. The Labute approximate surface area is 75.2 Å². The minimum absolute atomic E-state index is 0.0995. The number of nitrogen functional groups attached to an aromatic ring is 1. The van der Waals surface area contributed by atoms with Crippen LogP contribution in [0.5, 0.6) is 0 Å². The van der Waals surface area contributed by atoms with Crippen LogP contribution in [0.2, 0.25) is 0 Å². The van der Waals surface area contributed by atoms with Crippen molar-refractivity contribution in [2.24, 2.45) is 7.05 Å². The van der Waals surface area contributed by atoms with E-state index in [1.54, 1.807) is 17.5 Å². The summed E-state index contributed by atoms with van der Waals surface area (Å²) in [5.74, 6) is 0.482. The van der Waals surface area contributed by atoms with E-state index in [1.165, 1.54) is 4.57 Å². The van der Waals surface area contributed by atoms with Crippen LogP contribution in [0.3, 0.4) is 0 Å². The molecule has 4 heteroatoms. The van der Waals surface area contributed by atoms with E-state index < -0.39 is 0 Å². The van der Waals surface area contributed by atoms with Crippen LogP contribution in [0.15, 0.2) is 23.0 Å². The van der Waals surface area contributed by atoms with E-state index in [9.17, 15) is 4.79 Å². The molecule has 2 N–H and O–H groups in total. The molecule has 0 aliphatic carbocycles. The maximum absolute atomic E-state index is 11.7. The molecule has 0 atom stereocenters. The van der Waals surface area contributed by atoms with Gasteiger partial charge in [0.2, 0.25) is 0 Å². The van der Waals surface area contributed by atoms with Crippen LogP contribution in [0.4, 0.5) is 5.82 Å². The van der Waals surface area contributed by atoms with Crippen molar-refractivity contribution in [3.8, 4) is 0 Å². The summed E-state index contributed by atoms with van der Waals surface area (Å²) in [5, 5.41) is 0. The zero-order valence-electron chi connectivity index (χ0n) is 7.61. The predicted octanol–water partition coefficient (Wildman–Crippen LogP) is 0.529. The third-order valence-corrected chi connectivity index (χ3v) is 2.27. The maximum Gasteiger partial charge on any atom is 0.334 e. The molecule has 68 valence electrons. The van der Waals surface area contributed by atoms with Crippen molar-refractivity contribution < 1.29 is 0 Å². The molecule has 0 saturated carbocycles. The van der Waals surface area contributed by atoms with Crippen LogP contribution in [-0.2, 0) is 7.05 Å². The second-order valence-corrected chi connectivity index (χ2v) is 3.15. The standard InChI is InChI=1S/C9H11N3O/c1-6-3-4-7-5-8(10)11(2)9(13)12(6)7/h3-5H,10H2,1-2H3. The number of fused-ring (bicyclic) bond motifs is 1. The Hall–Kier alpha value is -1.71. The Morgan fingerprint density at radius 3 is 2.77 bits per heavy atom. The number of hydrogen-bond donors (Lipinski definition) is 1. The topological polar surface area (TPSA) is 52.4 Å². The van der Waals surface area contributed by atoms with Crippen molar-refractivity contribution in [2.45, 2.75) is 6.92 Å². The Morgan fingerprint density at radius 2 is 2.08 bits per heavy atom. The summed E-state index contributed by atoms with van der Waals surface area (Å²) in [6.07, 6.45) is 0. The molecule has 0 fully saturated rings. The molecular formula is C9H11N3O. The van der Waals surface area contributed by atoms with Gasteiger partial charge < -0.3 is 5.73 Å². The second-order valence-electron chi connectivity index (χ2n) is 3.15. The Balaban J connectivity index is 3.06. The summed E-state index contributed by atoms with van der Waals surface area (Å²) in [7, 11) is 1.66. The van der Waals surface area contributed by atoms with Gasteiger partial charge in [-0.25, -0.2) is 4.79 Å². The summed E-state index contributed by atoms with van der Waals surface area (Å²) in [5.41, 5.74) is 7.32. The smallest absolute Gasteiger partial charge is 0.334 e. The van der Waals surface area contributed by atoms with Gasteiger partial charge in [0, 0.05) is 18.8 Å². The highest BCUT2D eigenvalue weighted by Gasteiger charge is 2.04. The lowest BCUT2D eigenvalue weighted by molar-refractivity contribution is 0.794. The van der Waals surface area contributed by atoms with Crippen LogP contribution in [0.25, 0.3) is 5.52 Å². The average molecular weight is 177 g/mol. The molecule has 2 rings (SSSR count). The molecule has 0 aromatic carbocycles. The van der Waals surface area contributed by atoms with Gasteiger partial charge in [0.15, 0.2) is 0 Å². The minimum Gasteiger partial charge on any atom is -0.385 e. The van der Waals surface area contributed by atoms with Crippen LogP contribution in [0.1, 0.15) is 5.69 Å². The number of nitrogens with two attached hydrogens (primary N) is 1. The predicted molar refractivity (Wildman–Crippen MR) is 51.8 cm³/mol. The molecule has 0 amide bonds. The third-order valence-electron chi connectivity index (χ3n) is 2.27. The van der Waals surface area contributed by atoms with E-state index in [0.29, 0.717) is 5.82 Å². The van der Waals surface area contributed by atoms with Crippen molar-refractivity contribution in [1.82, 2.24) is 8.97 Å². The molecular weight excluding hydrogens is 166 g/mol. The first-order valence-corrected chi connectivity index (χ1v) is 4.05. The number of aromatic nitrogens is 2. The molecule has 2 aromatic rings. The number of nitrogens with zero attached hydrogens (tertiary/aromatic N) is 2. The van der Waals surface area contributed by atoms with Gasteiger partial charge in [-0.3, -0.25) is 8.97 Å². The molecule has 0 aliphatic heterocycles. The molecule has 0 saturated heterocycles. The van der Waals surface area contributed by atoms with Crippen LogP contribution >= 0.6 is 0 Å². The molecule has 2 heterocycles. The second kappa shape index (κ2) is 2.39. The van der Waals surface area contributed by atoms with Crippen LogP contribution in [0, 0.1) is 6.92 Å². The third kappa shape index (κ3) is 0.950. The molecule has 2 aromatic heterocycles. The number of aryl methyl sites for hydroxylation is 1. The van der Waals surface area contributed by atoms with Crippen molar-refractivity contribution in [3.63, 3.8) is 0 Å². The molecule has 0 unspecified atom stereocenters. The lowest BCUT2D eigenvalue weighted by Crippen LogP contribution is -2.26. The van der Waals surface area contributed by atoms with E-state index in [-0.39, 0.29) is 5.69 Å². The Kier molecular flexibility index (Phi) is 1.45.